The van der Waals surface area contributed by atoms with Gasteiger partial charge in [-0.3, -0.25) is 0 Å². The standard InChI is InChI=1S/C12H16O2S/c13-11(9-12(14)15)8-4-7-10-5-2-1-3-6-10/h1-3,5-6,11,13H,4,7-9H2,(H,14,15). The van der Waals surface area contributed by atoms with Crippen molar-refractivity contribution >= 4 is 17.3 Å². The third-order valence-corrected chi connectivity index (χ3v) is 2.42. The molecule has 0 radical (unpaired) electrons. The van der Waals surface area contributed by atoms with E-state index in [1.54, 1.807) is 0 Å². The van der Waals surface area contributed by atoms with Gasteiger partial charge in [0.1, 0.15) is 0 Å². The van der Waals surface area contributed by atoms with E-state index in [1.165, 1.54) is 5.56 Å². The molecule has 1 rings (SSSR count). The molecule has 0 heterocycles. The Labute approximate surface area is 95.6 Å². The van der Waals surface area contributed by atoms with Crippen molar-refractivity contribution < 1.29 is 10.2 Å². The molecule has 0 saturated carbocycles. The monoisotopic (exact) mass is 224 g/mol. The number of aryl methyl sites for hydroxylation is 1. The van der Waals surface area contributed by atoms with Crippen molar-refractivity contribution in [3.8, 4) is 0 Å². The summed E-state index contributed by atoms with van der Waals surface area (Å²) in [4.78, 5) is 0. The van der Waals surface area contributed by atoms with Gasteiger partial charge in [-0.05, 0) is 37.0 Å². The van der Waals surface area contributed by atoms with Crippen LogP contribution in [-0.2, 0) is 6.42 Å². The van der Waals surface area contributed by atoms with Gasteiger partial charge in [-0.15, -0.1) is 0 Å². The minimum Gasteiger partial charge on any atom is -0.502 e. The molecule has 3 heteroatoms. The number of hydrogen-bond acceptors (Lipinski definition) is 2. The molecule has 2 N–H and O–H groups in total. The van der Waals surface area contributed by atoms with Gasteiger partial charge in [-0.1, -0.05) is 30.3 Å². The minimum atomic E-state index is -0.508. The van der Waals surface area contributed by atoms with Crippen LogP contribution in [0, 0.1) is 0 Å². The van der Waals surface area contributed by atoms with Crippen LogP contribution in [0.3, 0.4) is 0 Å². The van der Waals surface area contributed by atoms with Gasteiger partial charge in [0.2, 0.25) is 0 Å². The third-order valence-electron chi connectivity index (χ3n) is 2.26. The van der Waals surface area contributed by atoms with Crippen molar-refractivity contribution in [3.63, 3.8) is 0 Å². The van der Waals surface area contributed by atoms with Gasteiger partial charge in [0.15, 0.2) is 5.05 Å². The first-order chi connectivity index (χ1) is 7.18. The van der Waals surface area contributed by atoms with Gasteiger partial charge in [0, 0.05) is 6.42 Å². The topological polar surface area (TPSA) is 40.5 Å². The zero-order valence-corrected chi connectivity index (χ0v) is 9.41. The van der Waals surface area contributed by atoms with Crippen LogP contribution in [0.4, 0.5) is 0 Å². The zero-order valence-electron chi connectivity index (χ0n) is 8.60. The van der Waals surface area contributed by atoms with Crippen LogP contribution in [0.15, 0.2) is 30.3 Å². The summed E-state index contributed by atoms with van der Waals surface area (Å²) < 4.78 is 0. The maximum absolute atomic E-state index is 9.45. The largest absolute Gasteiger partial charge is 0.502 e. The molecule has 82 valence electrons. The molecule has 1 unspecified atom stereocenters. The van der Waals surface area contributed by atoms with Crippen molar-refractivity contribution in [2.75, 3.05) is 0 Å². The van der Waals surface area contributed by atoms with E-state index in [4.69, 9.17) is 5.11 Å². The fourth-order valence-electron chi connectivity index (χ4n) is 1.49. The Hall–Kier alpha value is -0.930. The molecular formula is C12H16O2S. The maximum atomic E-state index is 9.45. The second-order valence-electron chi connectivity index (χ2n) is 3.63. The van der Waals surface area contributed by atoms with Crippen LogP contribution in [-0.4, -0.2) is 21.4 Å². The normalized spacial score (nSPS) is 12.3. The Balaban J connectivity index is 2.19. The van der Waals surface area contributed by atoms with Gasteiger partial charge >= 0.3 is 0 Å². The lowest BCUT2D eigenvalue weighted by molar-refractivity contribution is 0.165. The van der Waals surface area contributed by atoms with Crippen LogP contribution < -0.4 is 0 Å². The molecule has 0 saturated heterocycles. The van der Waals surface area contributed by atoms with E-state index < -0.39 is 6.10 Å². The van der Waals surface area contributed by atoms with E-state index in [0.717, 1.165) is 12.8 Å². The van der Waals surface area contributed by atoms with Crippen LogP contribution in [0.5, 0.6) is 0 Å². The van der Waals surface area contributed by atoms with E-state index in [2.05, 4.69) is 24.4 Å². The summed E-state index contributed by atoms with van der Waals surface area (Å²) in [6, 6.07) is 10.2. The molecule has 0 aliphatic rings. The molecule has 15 heavy (non-hydrogen) atoms. The molecular weight excluding hydrogens is 208 g/mol. The van der Waals surface area contributed by atoms with Crippen LogP contribution >= 0.6 is 12.2 Å². The summed E-state index contributed by atoms with van der Waals surface area (Å²) in [5.74, 6) is 0. The Bertz CT molecular complexity index is 298. The minimum absolute atomic E-state index is 0.109. The van der Waals surface area contributed by atoms with Gasteiger partial charge < -0.3 is 10.2 Å². The van der Waals surface area contributed by atoms with Crippen molar-refractivity contribution in [3.05, 3.63) is 35.9 Å². The second-order valence-corrected chi connectivity index (χ2v) is 4.10. The lowest BCUT2D eigenvalue weighted by Crippen LogP contribution is -2.11. The summed E-state index contributed by atoms with van der Waals surface area (Å²) in [6.45, 7) is 0. The van der Waals surface area contributed by atoms with Gasteiger partial charge in [-0.2, -0.15) is 0 Å². The summed E-state index contributed by atoms with van der Waals surface area (Å²) in [6.07, 6.45) is 2.25. The summed E-state index contributed by atoms with van der Waals surface area (Å²) in [5, 5.41) is 18.2. The number of aliphatic hydroxyl groups is 2. The quantitative estimate of drug-likeness (QED) is 0.730. The first-order valence-electron chi connectivity index (χ1n) is 5.12. The van der Waals surface area contributed by atoms with E-state index >= 15 is 0 Å². The Morgan fingerprint density at radius 1 is 1.27 bits per heavy atom. The lowest BCUT2D eigenvalue weighted by atomic mass is 10.0. The second kappa shape index (κ2) is 6.53. The van der Waals surface area contributed by atoms with Crippen molar-refractivity contribution in [2.45, 2.75) is 31.8 Å². The van der Waals surface area contributed by atoms with E-state index in [1.807, 2.05) is 18.2 Å². The fraction of sp³-hybridized carbons (Fsp3) is 0.417. The summed E-state index contributed by atoms with van der Waals surface area (Å²) >= 11 is 4.51. The number of benzene rings is 1. The molecule has 0 aliphatic carbocycles. The molecule has 1 aromatic rings. The highest BCUT2D eigenvalue weighted by molar-refractivity contribution is 7.80. The predicted molar refractivity (Wildman–Crippen MR) is 65.2 cm³/mol. The fourth-order valence-corrected chi connectivity index (χ4v) is 1.68. The van der Waals surface area contributed by atoms with Crippen molar-refractivity contribution in [1.29, 1.82) is 0 Å². The third kappa shape index (κ3) is 5.50. The van der Waals surface area contributed by atoms with Crippen LogP contribution in [0.2, 0.25) is 0 Å². The van der Waals surface area contributed by atoms with Crippen LogP contribution in [0.25, 0.3) is 0 Å². The number of thiocarbonyl (C=S) groups is 1. The predicted octanol–water partition coefficient (Wildman–Crippen LogP) is 2.65. The number of hydrogen-bond donors (Lipinski definition) is 2. The summed E-state index contributed by atoms with van der Waals surface area (Å²) in [7, 11) is 0. The van der Waals surface area contributed by atoms with E-state index in [9.17, 15) is 5.11 Å². The van der Waals surface area contributed by atoms with Gasteiger partial charge in [0.05, 0.1) is 6.10 Å². The zero-order chi connectivity index (χ0) is 11.1. The molecule has 0 amide bonds. The number of aliphatic hydroxyl groups excluding tert-OH is 2. The average molecular weight is 224 g/mol. The molecule has 0 aromatic heterocycles. The SMILES string of the molecule is OC(=S)CC(O)CCCc1ccccc1. The average Bonchev–Trinajstić information content (AvgIpc) is 2.18. The Kier molecular flexibility index (Phi) is 5.29. The van der Waals surface area contributed by atoms with Crippen molar-refractivity contribution in [2.24, 2.45) is 0 Å². The molecule has 0 spiro atoms. The first-order valence-corrected chi connectivity index (χ1v) is 5.53. The molecule has 0 fully saturated rings. The van der Waals surface area contributed by atoms with Gasteiger partial charge in [-0.25, -0.2) is 0 Å². The first kappa shape index (κ1) is 12.1. The highest BCUT2D eigenvalue weighted by atomic mass is 32.1. The lowest BCUT2D eigenvalue weighted by Gasteiger charge is -2.08. The number of rotatable bonds is 6. The van der Waals surface area contributed by atoms with Gasteiger partial charge in [0.25, 0.3) is 0 Å². The molecule has 1 atom stereocenters. The van der Waals surface area contributed by atoms with Crippen molar-refractivity contribution in [1.82, 2.24) is 0 Å². The summed E-state index contributed by atoms with van der Waals surface area (Å²) in [5.41, 5.74) is 1.27. The Morgan fingerprint density at radius 3 is 2.53 bits per heavy atom. The maximum Gasteiger partial charge on any atom is 0.159 e. The smallest absolute Gasteiger partial charge is 0.159 e. The highest BCUT2D eigenvalue weighted by Crippen LogP contribution is 2.08. The van der Waals surface area contributed by atoms with E-state index in [0.29, 0.717) is 6.42 Å². The molecule has 2 nitrogen and oxygen atoms in total. The molecule has 1 aromatic carbocycles. The Morgan fingerprint density at radius 2 is 1.93 bits per heavy atom. The highest BCUT2D eigenvalue weighted by Gasteiger charge is 2.06. The molecule has 0 aliphatic heterocycles. The van der Waals surface area contributed by atoms with E-state index in [-0.39, 0.29) is 11.5 Å². The molecule has 0 bridgehead atoms. The van der Waals surface area contributed by atoms with Crippen LogP contribution in [0.1, 0.15) is 24.8 Å².